The van der Waals surface area contributed by atoms with Gasteiger partial charge in [0.05, 0.1) is 16.8 Å². The van der Waals surface area contributed by atoms with Crippen LogP contribution in [0.25, 0.3) is 22.2 Å². The standard InChI is InChI=1S/C15H10N2O2/c18-15(19)12-5-1-3-10-6-7-13(17-14(10)12)11-4-2-8-16-9-11/h1-9H,(H,18,19). The lowest BCUT2D eigenvalue weighted by Crippen LogP contribution is -1.99. The van der Waals surface area contributed by atoms with Crippen molar-refractivity contribution in [2.75, 3.05) is 0 Å². The number of carboxylic acids is 1. The number of hydrogen-bond acceptors (Lipinski definition) is 3. The quantitative estimate of drug-likeness (QED) is 0.759. The molecule has 19 heavy (non-hydrogen) atoms. The van der Waals surface area contributed by atoms with E-state index in [9.17, 15) is 9.90 Å². The van der Waals surface area contributed by atoms with Gasteiger partial charge < -0.3 is 5.11 Å². The molecule has 0 aliphatic rings. The van der Waals surface area contributed by atoms with Gasteiger partial charge in [0.25, 0.3) is 0 Å². The second-order valence-corrected chi connectivity index (χ2v) is 4.12. The maximum absolute atomic E-state index is 11.2. The van der Waals surface area contributed by atoms with E-state index >= 15 is 0 Å². The lowest BCUT2D eigenvalue weighted by atomic mass is 10.1. The minimum atomic E-state index is -0.971. The summed E-state index contributed by atoms with van der Waals surface area (Å²) < 4.78 is 0. The van der Waals surface area contributed by atoms with E-state index in [2.05, 4.69) is 9.97 Å². The Hall–Kier alpha value is -2.75. The first kappa shape index (κ1) is 11.3. The van der Waals surface area contributed by atoms with Crippen molar-refractivity contribution in [2.24, 2.45) is 0 Å². The van der Waals surface area contributed by atoms with Crippen LogP contribution in [0.15, 0.2) is 54.9 Å². The van der Waals surface area contributed by atoms with Crippen molar-refractivity contribution in [2.45, 2.75) is 0 Å². The summed E-state index contributed by atoms with van der Waals surface area (Å²) in [5, 5.41) is 10.0. The first-order valence-electron chi connectivity index (χ1n) is 5.79. The third-order valence-electron chi connectivity index (χ3n) is 2.91. The van der Waals surface area contributed by atoms with Crippen molar-refractivity contribution in [1.29, 1.82) is 0 Å². The van der Waals surface area contributed by atoms with Gasteiger partial charge in [0.2, 0.25) is 0 Å². The predicted molar refractivity (Wildman–Crippen MR) is 71.9 cm³/mol. The summed E-state index contributed by atoms with van der Waals surface area (Å²) in [5.41, 5.74) is 2.29. The Morgan fingerprint density at radius 1 is 1.05 bits per heavy atom. The first-order chi connectivity index (χ1) is 9.25. The zero-order chi connectivity index (χ0) is 13.2. The fraction of sp³-hybridized carbons (Fsp3) is 0. The van der Waals surface area contributed by atoms with Crippen LogP contribution in [0.4, 0.5) is 0 Å². The normalized spacial score (nSPS) is 10.5. The van der Waals surface area contributed by atoms with Crippen LogP contribution in [0.2, 0.25) is 0 Å². The Kier molecular flexibility index (Phi) is 2.68. The molecule has 4 heteroatoms. The number of para-hydroxylation sites is 1. The van der Waals surface area contributed by atoms with Gasteiger partial charge in [-0.2, -0.15) is 0 Å². The first-order valence-corrected chi connectivity index (χ1v) is 5.79. The molecule has 0 spiro atoms. The number of fused-ring (bicyclic) bond motifs is 1. The molecule has 92 valence electrons. The van der Waals surface area contributed by atoms with Crippen LogP contribution < -0.4 is 0 Å². The lowest BCUT2D eigenvalue weighted by molar-refractivity contribution is 0.0699. The number of aromatic nitrogens is 2. The molecule has 0 bridgehead atoms. The van der Waals surface area contributed by atoms with Crippen LogP contribution in [-0.4, -0.2) is 21.0 Å². The van der Waals surface area contributed by atoms with Gasteiger partial charge in [-0.15, -0.1) is 0 Å². The van der Waals surface area contributed by atoms with Gasteiger partial charge >= 0.3 is 5.97 Å². The second kappa shape index (κ2) is 4.49. The summed E-state index contributed by atoms with van der Waals surface area (Å²) in [4.78, 5) is 19.7. The average Bonchev–Trinajstić information content (AvgIpc) is 2.47. The fourth-order valence-corrected chi connectivity index (χ4v) is 1.99. The van der Waals surface area contributed by atoms with Gasteiger partial charge in [-0.1, -0.05) is 18.2 Å². The van der Waals surface area contributed by atoms with Gasteiger partial charge in [-0.3, -0.25) is 4.98 Å². The van der Waals surface area contributed by atoms with Crippen molar-refractivity contribution in [3.05, 3.63) is 60.4 Å². The zero-order valence-corrected chi connectivity index (χ0v) is 9.95. The molecule has 0 saturated carbocycles. The molecule has 0 amide bonds. The van der Waals surface area contributed by atoms with Crippen molar-refractivity contribution in [1.82, 2.24) is 9.97 Å². The van der Waals surface area contributed by atoms with Crippen molar-refractivity contribution < 1.29 is 9.90 Å². The minimum Gasteiger partial charge on any atom is -0.478 e. The van der Waals surface area contributed by atoms with E-state index in [0.29, 0.717) is 11.2 Å². The molecule has 0 saturated heterocycles. The molecule has 2 heterocycles. The van der Waals surface area contributed by atoms with E-state index < -0.39 is 5.97 Å². The third kappa shape index (κ3) is 2.04. The Morgan fingerprint density at radius 3 is 2.68 bits per heavy atom. The van der Waals surface area contributed by atoms with Gasteiger partial charge in [0.15, 0.2) is 0 Å². The van der Waals surface area contributed by atoms with Gasteiger partial charge in [-0.05, 0) is 24.3 Å². The average molecular weight is 250 g/mol. The van der Waals surface area contributed by atoms with Gasteiger partial charge in [-0.25, -0.2) is 9.78 Å². The summed E-state index contributed by atoms with van der Waals surface area (Å²) in [6.07, 6.45) is 3.39. The smallest absolute Gasteiger partial charge is 0.337 e. The molecule has 0 fully saturated rings. The maximum atomic E-state index is 11.2. The molecule has 4 nitrogen and oxygen atoms in total. The van der Waals surface area contributed by atoms with E-state index in [4.69, 9.17) is 0 Å². The van der Waals surface area contributed by atoms with Crippen LogP contribution in [-0.2, 0) is 0 Å². The highest BCUT2D eigenvalue weighted by atomic mass is 16.4. The molecule has 3 aromatic rings. The minimum absolute atomic E-state index is 0.211. The third-order valence-corrected chi connectivity index (χ3v) is 2.91. The molecule has 0 radical (unpaired) electrons. The number of carbonyl (C=O) groups is 1. The number of rotatable bonds is 2. The molecule has 1 N–H and O–H groups in total. The molecule has 0 aliphatic carbocycles. The topological polar surface area (TPSA) is 63.1 Å². The van der Waals surface area contributed by atoms with Gasteiger partial charge in [0, 0.05) is 23.3 Å². The van der Waals surface area contributed by atoms with Crippen LogP contribution in [0.5, 0.6) is 0 Å². The summed E-state index contributed by atoms with van der Waals surface area (Å²) in [6.45, 7) is 0. The number of carboxylic acid groups (broad SMARTS) is 1. The number of hydrogen-bond donors (Lipinski definition) is 1. The van der Waals surface area contributed by atoms with E-state index in [0.717, 1.165) is 10.9 Å². The van der Waals surface area contributed by atoms with Crippen LogP contribution in [0.3, 0.4) is 0 Å². The van der Waals surface area contributed by atoms with E-state index in [1.807, 2.05) is 30.3 Å². The molecular weight excluding hydrogens is 240 g/mol. The largest absolute Gasteiger partial charge is 0.478 e. The van der Waals surface area contributed by atoms with Gasteiger partial charge in [0.1, 0.15) is 0 Å². The number of nitrogens with zero attached hydrogens (tertiary/aromatic N) is 2. The van der Waals surface area contributed by atoms with E-state index in [1.165, 1.54) is 0 Å². The molecule has 2 aromatic heterocycles. The Bertz CT molecular complexity index is 754. The van der Waals surface area contributed by atoms with Crippen LogP contribution in [0, 0.1) is 0 Å². The van der Waals surface area contributed by atoms with Crippen molar-refractivity contribution >= 4 is 16.9 Å². The van der Waals surface area contributed by atoms with Crippen LogP contribution in [0.1, 0.15) is 10.4 Å². The SMILES string of the molecule is O=C(O)c1cccc2ccc(-c3cccnc3)nc12. The number of pyridine rings is 2. The molecular formula is C15H10N2O2. The second-order valence-electron chi connectivity index (χ2n) is 4.12. The fourth-order valence-electron chi connectivity index (χ4n) is 1.99. The molecule has 0 unspecified atom stereocenters. The van der Waals surface area contributed by atoms with Crippen molar-refractivity contribution in [3.8, 4) is 11.3 Å². The molecule has 0 aliphatic heterocycles. The zero-order valence-electron chi connectivity index (χ0n) is 9.95. The monoisotopic (exact) mass is 250 g/mol. The number of benzene rings is 1. The highest BCUT2D eigenvalue weighted by Gasteiger charge is 2.10. The van der Waals surface area contributed by atoms with Crippen LogP contribution >= 0.6 is 0 Å². The lowest BCUT2D eigenvalue weighted by Gasteiger charge is -2.05. The Morgan fingerprint density at radius 2 is 1.95 bits per heavy atom. The summed E-state index contributed by atoms with van der Waals surface area (Å²) in [7, 11) is 0. The molecule has 0 atom stereocenters. The Balaban J connectivity index is 2.25. The highest BCUT2D eigenvalue weighted by Crippen LogP contribution is 2.22. The highest BCUT2D eigenvalue weighted by molar-refractivity contribution is 6.02. The molecule has 1 aromatic carbocycles. The Labute approximate surface area is 109 Å². The summed E-state index contributed by atoms with van der Waals surface area (Å²) >= 11 is 0. The number of aromatic carboxylic acids is 1. The maximum Gasteiger partial charge on any atom is 0.337 e. The van der Waals surface area contributed by atoms with E-state index in [-0.39, 0.29) is 5.56 Å². The summed E-state index contributed by atoms with van der Waals surface area (Å²) in [5.74, 6) is -0.971. The molecule has 3 rings (SSSR count). The predicted octanol–water partition coefficient (Wildman–Crippen LogP) is 3.00. The van der Waals surface area contributed by atoms with Crippen molar-refractivity contribution in [3.63, 3.8) is 0 Å². The van der Waals surface area contributed by atoms with E-state index in [1.54, 1.807) is 24.5 Å². The summed E-state index contributed by atoms with van der Waals surface area (Å²) in [6, 6.07) is 12.6.